The number of cyclic esters (lactones) is 1. The van der Waals surface area contributed by atoms with Crippen LogP contribution in [0.2, 0.25) is 0 Å². The van der Waals surface area contributed by atoms with Gasteiger partial charge in [0.2, 0.25) is 0 Å². The molecule has 2 aliphatic heterocycles. The van der Waals surface area contributed by atoms with Crippen molar-refractivity contribution < 1.29 is 14.5 Å². The Hall–Kier alpha value is -2.35. The van der Waals surface area contributed by atoms with Gasteiger partial charge < -0.3 is 15.0 Å². The topological polar surface area (TPSA) is 87.9 Å². The molecule has 0 aromatic heterocycles. The van der Waals surface area contributed by atoms with Gasteiger partial charge in [0.15, 0.2) is 0 Å². The zero-order valence-electron chi connectivity index (χ0n) is 14.3. The molecule has 2 saturated heterocycles. The molecule has 2 heterocycles. The Balaban J connectivity index is 1.68. The lowest BCUT2D eigenvalue weighted by Gasteiger charge is -2.22. The zero-order valence-corrected chi connectivity index (χ0v) is 14.3. The van der Waals surface area contributed by atoms with E-state index < -0.39 is 11.0 Å². The maximum atomic E-state index is 11.9. The number of nitro groups is 1. The Kier molecular flexibility index (Phi) is 5.70. The van der Waals surface area contributed by atoms with Gasteiger partial charge in [-0.05, 0) is 32.0 Å². The number of nitrogens with one attached hydrogen (secondary N) is 1. The lowest BCUT2D eigenvalue weighted by Crippen LogP contribution is -2.30. The van der Waals surface area contributed by atoms with Gasteiger partial charge >= 0.3 is 6.09 Å². The van der Waals surface area contributed by atoms with Gasteiger partial charge in [-0.3, -0.25) is 15.0 Å². The van der Waals surface area contributed by atoms with Crippen molar-refractivity contribution >= 4 is 23.2 Å². The second-order valence-electron chi connectivity index (χ2n) is 6.41. The molecule has 0 spiro atoms. The summed E-state index contributed by atoms with van der Waals surface area (Å²) in [4.78, 5) is 26.4. The Morgan fingerprint density at radius 2 is 1.92 bits per heavy atom. The fraction of sp³-hybridized carbons (Fsp3) is 0.588. The molecule has 3 rings (SSSR count). The van der Waals surface area contributed by atoms with Gasteiger partial charge in [-0.1, -0.05) is 12.8 Å². The third-order valence-corrected chi connectivity index (χ3v) is 4.69. The van der Waals surface area contributed by atoms with E-state index in [0.29, 0.717) is 18.8 Å². The van der Waals surface area contributed by atoms with Crippen LogP contribution in [0.3, 0.4) is 0 Å². The van der Waals surface area contributed by atoms with Crippen LogP contribution in [0.1, 0.15) is 25.7 Å². The molecule has 1 aromatic carbocycles. The number of ether oxygens (including phenoxy) is 1. The quantitative estimate of drug-likeness (QED) is 0.628. The first-order valence-electron chi connectivity index (χ1n) is 8.84. The van der Waals surface area contributed by atoms with Crippen molar-refractivity contribution in [2.75, 3.05) is 49.5 Å². The Labute approximate surface area is 146 Å². The molecule has 0 aliphatic carbocycles. The molecule has 0 saturated carbocycles. The van der Waals surface area contributed by atoms with Crippen LogP contribution in [0, 0.1) is 10.1 Å². The fourth-order valence-corrected chi connectivity index (χ4v) is 3.33. The average molecular weight is 348 g/mol. The summed E-state index contributed by atoms with van der Waals surface area (Å²) in [6, 6.07) is 4.56. The molecule has 25 heavy (non-hydrogen) atoms. The number of anilines is 2. The molecule has 1 aromatic rings. The Bertz CT molecular complexity index is 629. The van der Waals surface area contributed by atoms with Crippen molar-refractivity contribution in [2.24, 2.45) is 0 Å². The van der Waals surface area contributed by atoms with Crippen molar-refractivity contribution in [1.82, 2.24) is 4.90 Å². The number of hydrogen-bond donors (Lipinski definition) is 1. The van der Waals surface area contributed by atoms with Gasteiger partial charge in [0.05, 0.1) is 22.8 Å². The summed E-state index contributed by atoms with van der Waals surface area (Å²) in [6.45, 7) is 4.59. The SMILES string of the molecule is O=C1OCCN1c1cc([N+](=O)[O-])ccc1NCCN1CCCCCC1. The number of nitro benzene ring substituents is 1. The minimum atomic E-state index is -0.462. The molecule has 2 aliphatic rings. The number of carbonyl (C=O) groups excluding carboxylic acids is 1. The summed E-state index contributed by atoms with van der Waals surface area (Å²) in [7, 11) is 0. The number of rotatable bonds is 6. The molecule has 0 radical (unpaired) electrons. The van der Waals surface area contributed by atoms with Gasteiger partial charge in [-0.2, -0.15) is 0 Å². The van der Waals surface area contributed by atoms with Crippen LogP contribution >= 0.6 is 0 Å². The summed E-state index contributed by atoms with van der Waals surface area (Å²) in [5, 5.41) is 14.4. The Morgan fingerprint density at radius 1 is 1.16 bits per heavy atom. The van der Waals surface area contributed by atoms with Crippen LogP contribution in [0.25, 0.3) is 0 Å². The lowest BCUT2D eigenvalue weighted by atomic mass is 10.2. The van der Waals surface area contributed by atoms with Crippen LogP contribution in [-0.4, -0.2) is 55.2 Å². The highest BCUT2D eigenvalue weighted by molar-refractivity contribution is 5.94. The highest BCUT2D eigenvalue weighted by Crippen LogP contribution is 2.32. The summed E-state index contributed by atoms with van der Waals surface area (Å²) in [5.74, 6) is 0. The van der Waals surface area contributed by atoms with E-state index in [9.17, 15) is 14.9 Å². The molecule has 0 atom stereocenters. The lowest BCUT2D eigenvalue weighted by molar-refractivity contribution is -0.384. The normalized spacial score (nSPS) is 18.7. The van der Waals surface area contributed by atoms with Crippen LogP contribution in [-0.2, 0) is 4.74 Å². The monoisotopic (exact) mass is 348 g/mol. The summed E-state index contributed by atoms with van der Waals surface area (Å²) >= 11 is 0. The summed E-state index contributed by atoms with van der Waals surface area (Å²) in [6.07, 6.45) is 4.61. The molecule has 0 unspecified atom stereocenters. The second-order valence-corrected chi connectivity index (χ2v) is 6.41. The first-order chi connectivity index (χ1) is 12.1. The van der Waals surface area contributed by atoms with E-state index in [1.54, 1.807) is 6.07 Å². The van der Waals surface area contributed by atoms with Crippen molar-refractivity contribution in [1.29, 1.82) is 0 Å². The first-order valence-corrected chi connectivity index (χ1v) is 8.84. The van der Waals surface area contributed by atoms with Crippen molar-refractivity contribution in [3.63, 3.8) is 0 Å². The van der Waals surface area contributed by atoms with Crippen LogP contribution in [0.15, 0.2) is 18.2 Å². The summed E-state index contributed by atoms with van der Waals surface area (Å²) < 4.78 is 4.97. The van der Waals surface area contributed by atoms with Crippen molar-refractivity contribution in [3.05, 3.63) is 28.3 Å². The molecule has 8 heteroatoms. The highest BCUT2D eigenvalue weighted by Gasteiger charge is 2.27. The van der Waals surface area contributed by atoms with Gasteiger partial charge in [0.25, 0.3) is 5.69 Å². The largest absolute Gasteiger partial charge is 0.447 e. The van der Waals surface area contributed by atoms with E-state index in [-0.39, 0.29) is 5.69 Å². The van der Waals surface area contributed by atoms with Crippen LogP contribution in [0.5, 0.6) is 0 Å². The van der Waals surface area contributed by atoms with E-state index in [0.717, 1.165) is 31.9 Å². The second kappa shape index (κ2) is 8.15. The number of non-ortho nitro benzene ring substituents is 1. The van der Waals surface area contributed by atoms with E-state index in [2.05, 4.69) is 10.2 Å². The maximum absolute atomic E-state index is 11.9. The minimum Gasteiger partial charge on any atom is -0.447 e. The Morgan fingerprint density at radius 3 is 2.56 bits per heavy atom. The van der Waals surface area contributed by atoms with E-state index >= 15 is 0 Å². The van der Waals surface area contributed by atoms with Gasteiger partial charge in [0, 0.05) is 25.2 Å². The van der Waals surface area contributed by atoms with Crippen LogP contribution < -0.4 is 10.2 Å². The maximum Gasteiger partial charge on any atom is 0.414 e. The standard InChI is InChI=1S/C17H24N4O4/c22-17-20(11-12-25-17)16-13-14(21(23)24)5-6-15(16)18-7-10-19-8-3-1-2-4-9-19/h5-6,13,18H,1-4,7-12H2. The number of hydrogen-bond acceptors (Lipinski definition) is 6. The molecular formula is C17H24N4O4. The molecule has 0 bridgehead atoms. The summed E-state index contributed by atoms with van der Waals surface area (Å²) in [5.41, 5.74) is 1.19. The molecule has 2 fully saturated rings. The number of benzene rings is 1. The van der Waals surface area contributed by atoms with E-state index in [1.807, 2.05) is 0 Å². The van der Waals surface area contributed by atoms with Gasteiger partial charge in [0.1, 0.15) is 6.61 Å². The van der Waals surface area contributed by atoms with Crippen LogP contribution in [0.4, 0.5) is 21.9 Å². The molecule has 1 N–H and O–H groups in total. The predicted octanol–water partition coefficient (Wildman–Crippen LogP) is 2.84. The number of carbonyl (C=O) groups is 1. The van der Waals surface area contributed by atoms with E-state index in [4.69, 9.17) is 4.74 Å². The van der Waals surface area contributed by atoms with E-state index in [1.165, 1.54) is 42.7 Å². The average Bonchev–Trinajstić information content (AvgIpc) is 2.86. The van der Waals surface area contributed by atoms with Crippen molar-refractivity contribution in [2.45, 2.75) is 25.7 Å². The molecular weight excluding hydrogens is 324 g/mol. The first kappa shape index (κ1) is 17.5. The van der Waals surface area contributed by atoms with Crippen molar-refractivity contribution in [3.8, 4) is 0 Å². The zero-order chi connectivity index (χ0) is 17.6. The number of nitrogens with zero attached hydrogens (tertiary/aromatic N) is 3. The molecule has 136 valence electrons. The molecule has 8 nitrogen and oxygen atoms in total. The minimum absolute atomic E-state index is 0.0345. The number of amides is 1. The fourth-order valence-electron chi connectivity index (χ4n) is 3.33. The predicted molar refractivity (Wildman–Crippen MR) is 95.2 cm³/mol. The highest BCUT2D eigenvalue weighted by atomic mass is 16.6. The van der Waals surface area contributed by atoms with Gasteiger partial charge in [-0.25, -0.2) is 4.79 Å². The number of likely N-dealkylation sites (tertiary alicyclic amines) is 1. The third kappa shape index (κ3) is 4.39. The third-order valence-electron chi connectivity index (χ3n) is 4.69. The molecule has 1 amide bonds. The smallest absolute Gasteiger partial charge is 0.414 e. The van der Waals surface area contributed by atoms with Gasteiger partial charge in [-0.15, -0.1) is 0 Å².